The number of piperazine rings is 1. The average molecular weight is 444 g/mol. The normalized spacial score (nSPS) is 14.0. The highest BCUT2D eigenvalue weighted by Crippen LogP contribution is 2.38. The highest BCUT2D eigenvalue weighted by Gasteiger charge is 2.22. The van der Waals surface area contributed by atoms with Crippen LogP contribution in [-0.2, 0) is 4.74 Å². The van der Waals surface area contributed by atoms with Gasteiger partial charge in [-0.2, -0.15) is 0 Å². The van der Waals surface area contributed by atoms with Gasteiger partial charge in [0, 0.05) is 31.7 Å². The number of hydrogen-bond acceptors (Lipinski definition) is 8. The van der Waals surface area contributed by atoms with Crippen molar-refractivity contribution in [3.05, 3.63) is 41.5 Å². The molecule has 9 heteroatoms. The van der Waals surface area contributed by atoms with Crippen LogP contribution in [0, 0.1) is 0 Å². The van der Waals surface area contributed by atoms with Gasteiger partial charge in [-0.15, -0.1) is 0 Å². The third-order valence-electron chi connectivity index (χ3n) is 5.44. The summed E-state index contributed by atoms with van der Waals surface area (Å²) in [5.74, 6) is 0.302. The minimum absolute atomic E-state index is 0.326. The molecule has 0 aromatic heterocycles. The van der Waals surface area contributed by atoms with Crippen molar-refractivity contribution in [1.29, 1.82) is 0 Å². The van der Waals surface area contributed by atoms with Crippen LogP contribution in [0.5, 0.6) is 17.2 Å². The first-order valence-electron chi connectivity index (χ1n) is 10.2. The zero-order valence-electron chi connectivity index (χ0n) is 19.1. The first-order chi connectivity index (χ1) is 15.4. The fraction of sp³-hybridized carbons (Fsp3) is 0.391. The molecule has 1 saturated heterocycles. The first-order valence-corrected chi connectivity index (χ1v) is 10.2. The first kappa shape index (κ1) is 23.2. The lowest BCUT2D eigenvalue weighted by Gasteiger charge is -2.35. The van der Waals surface area contributed by atoms with E-state index >= 15 is 0 Å². The Morgan fingerprint density at radius 1 is 0.844 bits per heavy atom. The number of amides is 1. The number of esters is 1. The zero-order valence-corrected chi connectivity index (χ0v) is 19.1. The van der Waals surface area contributed by atoms with Crippen LogP contribution in [0.25, 0.3) is 0 Å². The Balaban J connectivity index is 1.97. The van der Waals surface area contributed by atoms with Gasteiger partial charge in [-0.3, -0.25) is 4.79 Å². The number of carbonyl (C=O) groups is 2. The van der Waals surface area contributed by atoms with E-state index < -0.39 is 5.97 Å². The fourth-order valence-electron chi connectivity index (χ4n) is 3.61. The second-order valence-electron chi connectivity index (χ2n) is 7.38. The standard InChI is InChI=1S/C23H29N3O6/c1-25-8-10-26(11-9-25)18-7-6-15(23(28)32-5)12-17(18)24-22(27)16-13-19(29-2)21(31-4)20(14-16)30-3/h6-7,12-14H,8-11H2,1-5H3,(H,24,27). The highest BCUT2D eigenvalue weighted by molar-refractivity contribution is 6.07. The molecule has 3 rings (SSSR count). The van der Waals surface area contributed by atoms with Gasteiger partial charge in [0.25, 0.3) is 5.91 Å². The number of nitrogens with one attached hydrogen (secondary N) is 1. The molecular weight excluding hydrogens is 414 g/mol. The second kappa shape index (κ2) is 10.2. The van der Waals surface area contributed by atoms with E-state index in [-0.39, 0.29) is 5.91 Å². The fourth-order valence-corrected chi connectivity index (χ4v) is 3.61. The topological polar surface area (TPSA) is 89.6 Å². The molecule has 9 nitrogen and oxygen atoms in total. The molecule has 0 saturated carbocycles. The highest BCUT2D eigenvalue weighted by atomic mass is 16.5. The Kier molecular flexibility index (Phi) is 7.42. The molecule has 1 fully saturated rings. The number of methoxy groups -OCH3 is 4. The van der Waals surface area contributed by atoms with Crippen molar-refractivity contribution in [2.45, 2.75) is 0 Å². The van der Waals surface area contributed by atoms with E-state index in [4.69, 9.17) is 18.9 Å². The summed E-state index contributed by atoms with van der Waals surface area (Å²) >= 11 is 0. The third kappa shape index (κ3) is 4.88. The third-order valence-corrected chi connectivity index (χ3v) is 5.44. The molecule has 2 aromatic rings. The monoisotopic (exact) mass is 443 g/mol. The molecule has 0 bridgehead atoms. The van der Waals surface area contributed by atoms with Gasteiger partial charge in [0.15, 0.2) is 11.5 Å². The summed E-state index contributed by atoms with van der Waals surface area (Å²) in [5, 5.41) is 2.94. The van der Waals surface area contributed by atoms with Gasteiger partial charge in [0.2, 0.25) is 5.75 Å². The van der Waals surface area contributed by atoms with Gasteiger partial charge < -0.3 is 34.1 Å². The van der Waals surface area contributed by atoms with Crippen LogP contribution in [0.3, 0.4) is 0 Å². The van der Waals surface area contributed by atoms with E-state index in [0.717, 1.165) is 31.9 Å². The Bertz CT molecular complexity index is 961. The Labute approximate surface area is 187 Å². The Hall–Kier alpha value is -3.46. The largest absolute Gasteiger partial charge is 0.493 e. The average Bonchev–Trinajstić information content (AvgIpc) is 2.82. The van der Waals surface area contributed by atoms with E-state index in [1.54, 1.807) is 24.3 Å². The lowest BCUT2D eigenvalue weighted by molar-refractivity contribution is 0.0600. The number of rotatable bonds is 7. The molecule has 172 valence electrons. The molecule has 2 aromatic carbocycles. The quantitative estimate of drug-likeness (QED) is 0.653. The molecule has 1 amide bonds. The van der Waals surface area contributed by atoms with E-state index in [9.17, 15) is 9.59 Å². The summed E-state index contributed by atoms with van der Waals surface area (Å²) in [6, 6.07) is 8.33. The van der Waals surface area contributed by atoms with Gasteiger partial charge in [0.1, 0.15) is 0 Å². The molecule has 0 radical (unpaired) electrons. The minimum Gasteiger partial charge on any atom is -0.493 e. The molecular formula is C23H29N3O6. The smallest absolute Gasteiger partial charge is 0.337 e. The number of ether oxygens (including phenoxy) is 4. The van der Waals surface area contributed by atoms with Gasteiger partial charge in [-0.25, -0.2) is 4.79 Å². The Morgan fingerprint density at radius 3 is 2.00 bits per heavy atom. The molecule has 0 spiro atoms. The SMILES string of the molecule is COC(=O)c1ccc(N2CCN(C)CC2)c(NC(=O)c2cc(OC)c(OC)c(OC)c2)c1. The van der Waals surface area contributed by atoms with Crippen LogP contribution in [0.1, 0.15) is 20.7 Å². The molecule has 0 atom stereocenters. The number of nitrogens with zero attached hydrogens (tertiary/aromatic N) is 2. The predicted molar refractivity (Wildman–Crippen MR) is 122 cm³/mol. The maximum atomic E-state index is 13.2. The van der Waals surface area contributed by atoms with Gasteiger partial charge in [-0.05, 0) is 37.4 Å². The molecule has 32 heavy (non-hydrogen) atoms. The van der Waals surface area contributed by atoms with Crippen molar-refractivity contribution in [3.63, 3.8) is 0 Å². The van der Waals surface area contributed by atoms with Crippen molar-refractivity contribution >= 4 is 23.3 Å². The van der Waals surface area contributed by atoms with Crippen molar-refractivity contribution in [3.8, 4) is 17.2 Å². The van der Waals surface area contributed by atoms with Gasteiger partial charge >= 0.3 is 5.97 Å². The molecule has 1 aliphatic heterocycles. The molecule has 0 unspecified atom stereocenters. The maximum absolute atomic E-state index is 13.2. The van der Waals surface area contributed by atoms with E-state index in [1.165, 1.54) is 28.4 Å². The summed E-state index contributed by atoms with van der Waals surface area (Å²) in [7, 11) is 7.88. The lowest BCUT2D eigenvalue weighted by atomic mass is 10.1. The van der Waals surface area contributed by atoms with Crippen LogP contribution < -0.4 is 24.4 Å². The summed E-state index contributed by atoms with van der Waals surface area (Å²) < 4.78 is 20.9. The molecule has 0 aliphatic carbocycles. The van der Waals surface area contributed by atoms with Crippen molar-refractivity contribution in [1.82, 2.24) is 4.90 Å². The number of hydrogen-bond donors (Lipinski definition) is 1. The predicted octanol–water partition coefficient (Wildman–Crippen LogP) is 2.50. The molecule has 1 heterocycles. The van der Waals surface area contributed by atoms with E-state index in [1.807, 2.05) is 6.07 Å². The zero-order chi connectivity index (χ0) is 23.3. The summed E-state index contributed by atoms with van der Waals surface area (Å²) in [6.45, 7) is 3.42. The molecule has 1 N–H and O–H groups in total. The molecule has 1 aliphatic rings. The number of likely N-dealkylation sites (N-methyl/N-ethyl adjacent to an activating group) is 1. The summed E-state index contributed by atoms with van der Waals surface area (Å²) in [6.07, 6.45) is 0. The minimum atomic E-state index is -0.474. The van der Waals surface area contributed by atoms with E-state index in [2.05, 4.69) is 22.2 Å². The maximum Gasteiger partial charge on any atom is 0.337 e. The van der Waals surface area contributed by atoms with Gasteiger partial charge in [0.05, 0.1) is 45.4 Å². The van der Waals surface area contributed by atoms with Crippen molar-refractivity contribution < 1.29 is 28.5 Å². The number of anilines is 2. The van der Waals surface area contributed by atoms with E-state index in [0.29, 0.717) is 34.1 Å². The van der Waals surface area contributed by atoms with Crippen LogP contribution in [-0.4, -0.2) is 78.4 Å². The Morgan fingerprint density at radius 2 is 1.47 bits per heavy atom. The van der Waals surface area contributed by atoms with Crippen LogP contribution in [0.4, 0.5) is 11.4 Å². The van der Waals surface area contributed by atoms with Gasteiger partial charge in [-0.1, -0.05) is 0 Å². The number of benzene rings is 2. The second-order valence-corrected chi connectivity index (χ2v) is 7.38. The summed E-state index contributed by atoms with van der Waals surface area (Å²) in [5.41, 5.74) is 2.04. The van der Waals surface area contributed by atoms with Crippen LogP contribution in [0.15, 0.2) is 30.3 Å². The lowest BCUT2D eigenvalue weighted by Crippen LogP contribution is -2.44. The number of carbonyl (C=O) groups excluding carboxylic acids is 2. The van der Waals surface area contributed by atoms with Crippen LogP contribution >= 0.6 is 0 Å². The summed E-state index contributed by atoms with van der Waals surface area (Å²) in [4.78, 5) is 29.7. The van der Waals surface area contributed by atoms with Crippen LogP contribution in [0.2, 0.25) is 0 Å². The van der Waals surface area contributed by atoms with Crippen molar-refractivity contribution in [2.24, 2.45) is 0 Å². The van der Waals surface area contributed by atoms with Crippen molar-refractivity contribution in [2.75, 3.05) is 71.9 Å².